The lowest BCUT2D eigenvalue weighted by atomic mass is 9.98. The Morgan fingerprint density at radius 2 is 1.47 bits per heavy atom. The Balaban J connectivity index is 1.53. The Morgan fingerprint density at radius 3 is 2.03 bits per heavy atom. The summed E-state index contributed by atoms with van der Waals surface area (Å²) in [5.74, 6) is -1.38. The van der Waals surface area contributed by atoms with Crippen LogP contribution in [0.15, 0.2) is 72.8 Å². The maximum absolute atomic E-state index is 12.6. The number of rotatable bonds is 6. The van der Waals surface area contributed by atoms with E-state index in [9.17, 15) is 19.3 Å². The van der Waals surface area contributed by atoms with Crippen molar-refractivity contribution in [3.63, 3.8) is 0 Å². The molecule has 1 amide bonds. The molecule has 0 radical (unpaired) electrons. The van der Waals surface area contributed by atoms with Crippen LogP contribution in [-0.4, -0.2) is 37.1 Å². The lowest BCUT2D eigenvalue weighted by Crippen LogP contribution is -2.37. The van der Waals surface area contributed by atoms with Gasteiger partial charge in [0.15, 0.2) is 6.04 Å². The van der Waals surface area contributed by atoms with Crippen LogP contribution in [0.3, 0.4) is 0 Å². The number of nitrogens with one attached hydrogen (secondary N) is 1. The summed E-state index contributed by atoms with van der Waals surface area (Å²) in [7, 11) is -2.75. The number of fused-ring (bicyclic) bond motifs is 3. The van der Waals surface area contributed by atoms with Gasteiger partial charge in [-0.25, -0.2) is 9.59 Å². The Bertz CT molecular complexity index is 1190. The third-order valence-corrected chi connectivity index (χ3v) is 7.25. The van der Waals surface area contributed by atoms with Crippen molar-refractivity contribution in [1.82, 2.24) is 5.32 Å². The summed E-state index contributed by atoms with van der Waals surface area (Å²) < 4.78 is 18.1. The molecule has 3 aromatic rings. The molecule has 1 aliphatic carbocycles. The molecule has 0 aromatic heterocycles. The van der Waals surface area contributed by atoms with E-state index < -0.39 is 25.2 Å². The molecule has 32 heavy (non-hydrogen) atoms. The van der Waals surface area contributed by atoms with Gasteiger partial charge in [0.1, 0.15) is 13.7 Å². The molecule has 0 saturated heterocycles. The van der Waals surface area contributed by atoms with Gasteiger partial charge in [0.25, 0.3) is 0 Å². The molecule has 1 atom stereocenters. The minimum atomic E-state index is -2.75. The lowest BCUT2D eigenvalue weighted by molar-refractivity contribution is -0.139. The molecule has 0 saturated carbocycles. The smallest absolute Gasteiger partial charge is 0.408 e. The first-order chi connectivity index (χ1) is 15.3. The van der Waals surface area contributed by atoms with Crippen LogP contribution in [0.5, 0.6) is 0 Å². The van der Waals surface area contributed by atoms with Crippen molar-refractivity contribution in [2.24, 2.45) is 0 Å². The number of ether oxygens (including phenoxy) is 1. The van der Waals surface area contributed by atoms with Gasteiger partial charge >= 0.3 is 12.1 Å². The van der Waals surface area contributed by atoms with Crippen molar-refractivity contribution < 1.29 is 24.0 Å². The maximum atomic E-state index is 12.6. The monoisotopic (exact) mass is 449 g/mol. The molecule has 3 aromatic carbocycles. The first-order valence-electron chi connectivity index (χ1n) is 10.3. The Labute approximate surface area is 186 Å². The van der Waals surface area contributed by atoms with Crippen LogP contribution in [-0.2, 0) is 14.1 Å². The van der Waals surface area contributed by atoms with Gasteiger partial charge in [0.05, 0.1) is 0 Å². The Hall–Kier alpha value is -3.37. The number of amides is 1. The zero-order valence-corrected chi connectivity index (χ0v) is 18.7. The first kappa shape index (κ1) is 21.8. The molecule has 0 heterocycles. The summed E-state index contributed by atoms with van der Waals surface area (Å²) in [5.41, 5.74) is 4.65. The number of aliphatic carboxylic acids is 1. The normalized spacial score (nSPS) is 13.7. The third kappa shape index (κ3) is 4.19. The molecule has 7 heteroatoms. The van der Waals surface area contributed by atoms with Gasteiger partial charge in [-0.1, -0.05) is 72.8 Å². The predicted molar refractivity (Wildman–Crippen MR) is 124 cm³/mol. The summed E-state index contributed by atoms with van der Waals surface area (Å²) in [4.78, 5) is 24.5. The molecule has 0 fully saturated rings. The quantitative estimate of drug-likeness (QED) is 0.537. The van der Waals surface area contributed by atoms with Gasteiger partial charge in [-0.2, -0.15) is 0 Å². The number of carboxylic acid groups (broad SMARTS) is 1. The van der Waals surface area contributed by atoms with E-state index in [4.69, 9.17) is 4.74 Å². The summed E-state index contributed by atoms with van der Waals surface area (Å²) in [5, 5.41) is 12.6. The number of hydrogen-bond acceptors (Lipinski definition) is 4. The van der Waals surface area contributed by atoms with Crippen molar-refractivity contribution in [3.8, 4) is 11.1 Å². The summed E-state index contributed by atoms with van der Waals surface area (Å²) in [6.07, 6.45) is -0.837. The molecule has 2 N–H and O–H groups in total. The number of benzene rings is 3. The van der Waals surface area contributed by atoms with Crippen molar-refractivity contribution in [1.29, 1.82) is 0 Å². The first-order valence-corrected chi connectivity index (χ1v) is 12.9. The second-order valence-electron chi connectivity index (χ2n) is 8.15. The fourth-order valence-electron chi connectivity index (χ4n) is 4.25. The van der Waals surface area contributed by atoms with E-state index in [1.54, 1.807) is 37.6 Å². The molecule has 0 spiro atoms. The van der Waals surface area contributed by atoms with Crippen molar-refractivity contribution >= 4 is 24.5 Å². The molecule has 0 aliphatic heterocycles. The van der Waals surface area contributed by atoms with Gasteiger partial charge in [-0.05, 0) is 41.1 Å². The van der Waals surface area contributed by atoms with Crippen LogP contribution < -0.4 is 10.6 Å². The number of carbonyl (C=O) groups is 2. The van der Waals surface area contributed by atoms with E-state index >= 15 is 0 Å². The van der Waals surface area contributed by atoms with E-state index in [-0.39, 0.29) is 12.5 Å². The molecule has 4 rings (SSSR count). The minimum absolute atomic E-state index is 0.0773. The van der Waals surface area contributed by atoms with Crippen LogP contribution in [0, 0.1) is 0 Å². The fourth-order valence-corrected chi connectivity index (χ4v) is 5.52. The summed E-state index contributed by atoms with van der Waals surface area (Å²) in [6.45, 7) is 3.21. The average Bonchev–Trinajstić information content (AvgIpc) is 3.09. The largest absolute Gasteiger partial charge is 0.479 e. The SMILES string of the molecule is CP(C)(=O)c1ccccc1C(NC(=O)OCC1c2ccccc2-c2ccccc21)C(=O)O. The number of alkyl carbamates (subject to hydrolysis) is 1. The second kappa shape index (κ2) is 8.64. The zero-order valence-electron chi connectivity index (χ0n) is 17.8. The van der Waals surface area contributed by atoms with Gasteiger partial charge < -0.3 is 19.7 Å². The van der Waals surface area contributed by atoms with E-state index in [0.29, 0.717) is 10.9 Å². The van der Waals surface area contributed by atoms with E-state index in [1.807, 2.05) is 48.5 Å². The van der Waals surface area contributed by atoms with Crippen molar-refractivity contribution in [3.05, 3.63) is 89.5 Å². The molecular weight excluding hydrogens is 425 g/mol. The predicted octanol–water partition coefficient (Wildman–Crippen LogP) is 4.60. The van der Waals surface area contributed by atoms with Crippen LogP contribution >= 0.6 is 7.14 Å². The number of hydrogen-bond donors (Lipinski definition) is 2. The fraction of sp³-hybridized carbons (Fsp3) is 0.200. The van der Waals surface area contributed by atoms with Crippen molar-refractivity contribution in [2.45, 2.75) is 12.0 Å². The average molecular weight is 449 g/mol. The van der Waals surface area contributed by atoms with Gasteiger partial charge in [0.2, 0.25) is 0 Å². The summed E-state index contributed by atoms with van der Waals surface area (Å²) in [6, 6.07) is 21.1. The Morgan fingerprint density at radius 1 is 0.938 bits per heavy atom. The maximum Gasteiger partial charge on any atom is 0.408 e. The molecule has 164 valence electrons. The highest BCUT2D eigenvalue weighted by Crippen LogP contribution is 2.44. The van der Waals surface area contributed by atoms with E-state index in [0.717, 1.165) is 22.3 Å². The molecule has 0 bridgehead atoms. The minimum Gasteiger partial charge on any atom is -0.479 e. The molecular formula is C25H24NO5P. The molecule has 6 nitrogen and oxygen atoms in total. The highest BCUT2D eigenvalue weighted by atomic mass is 31.2. The van der Waals surface area contributed by atoms with E-state index in [1.165, 1.54) is 0 Å². The van der Waals surface area contributed by atoms with Crippen LogP contribution in [0.25, 0.3) is 11.1 Å². The van der Waals surface area contributed by atoms with Crippen LogP contribution in [0.4, 0.5) is 4.79 Å². The van der Waals surface area contributed by atoms with Crippen molar-refractivity contribution in [2.75, 3.05) is 19.9 Å². The Kier molecular flexibility index (Phi) is 5.90. The second-order valence-corrected chi connectivity index (χ2v) is 11.3. The number of carboxylic acids is 1. The van der Waals surface area contributed by atoms with Gasteiger partial charge in [-0.15, -0.1) is 0 Å². The van der Waals surface area contributed by atoms with Gasteiger partial charge in [0, 0.05) is 11.2 Å². The molecule has 1 aliphatic rings. The zero-order chi connectivity index (χ0) is 22.9. The van der Waals surface area contributed by atoms with Crippen LogP contribution in [0.1, 0.15) is 28.7 Å². The lowest BCUT2D eigenvalue weighted by Gasteiger charge is -2.21. The third-order valence-electron chi connectivity index (χ3n) is 5.68. The topological polar surface area (TPSA) is 92.7 Å². The number of carbonyl (C=O) groups excluding carboxylic acids is 1. The summed E-state index contributed by atoms with van der Waals surface area (Å²) >= 11 is 0. The standard InChI is InChI=1S/C25H24NO5P/c1-32(2,30)22-14-8-7-13-20(22)23(24(27)28)26-25(29)31-15-21-18-11-5-3-9-16(18)17-10-4-6-12-19(17)21/h3-14,21,23H,15H2,1-2H3,(H,26,29)(H,27,28). The highest BCUT2D eigenvalue weighted by molar-refractivity contribution is 7.70. The van der Waals surface area contributed by atoms with Crippen LogP contribution in [0.2, 0.25) is 0 Å². The molecule has 1 unspecified atom stereocenters. The van der Waals surface area contributed by atoms with E-state index in [2.05, 4.69) is 5.32 Å². The van der Waals surface area contributed by atoms with Gasteiger partial charge in [-0.3, -0.25) is 0 Å². The highest BCUT2D eigenvalue weighted by Gasteiger charge is 2.31.